The van der Waals surface area contributed by atoms with Crippen LogP contribution in [-0.4, -0.2) is 46.3 Å². The maximum atomic E-state index is 11.7. The molecule has 0 radical (unpaired) electrons. The fourth-order valence-corrected chi connectivity index (χ4v) is 2.59. The van der Waals surface area contributed by atoms with Crippen molar-refractivity contribution >= 4 is 5.91 Å². The van der Waals surface area contributed by atoms with Gasteiger partial charge < -0.3 is 15.1 Å². The van der Waals surface area contributed by atoms with Crippen LogP contribution in [0, 0.1) is 11.8 Å². The van der Waals surface area contributed by atoms with E-state index in [4.69, 9.17) is 5.11 Å². The summed E-state index contributed by atoms with van der Waals surface area (Å²) in [5, 5.41) is 18.8. The molecule has 1 fully saturated rings. The van der Waals surface area contributed by atoms with Gasteiger partial charge in [0.1, 0.15) is 0 Å². The molecule has 1 aliphatic rings. The Bertz CT molecular complexity index is 600. The number of amides is 1. The van der Waals surface area contributed by atoms with E-state index in [-0.39, 0.29) is 18.6 Å². The zero-order valence-corrected chi connectivity index (χ0v) is 13.9. The Kier molecular flexibility index (Phi) is 7.54. The number of likely N-dealkylation sites (tertiary alicyclic amines) is 1. The number of aliphatic hydroxyl groups excluding tert-OH is 2. The fraction of sp³-hybridized carbons (Fsp3) is 0.450. The molecule has 4 nitrogen and oxygen atoms in total. The van der Waals surface area contributed by atoms with Gasteiger partial charge in [-0.3, -0.25) is 4.79 Å². The second kappa shape index (κ2) is 9.92. The topological polar surface area (TPSA) is 60.8 Å². The number of rotatable bonds is 8. The number of nitrogens with zero attached hydrogens (tertiary/aromatic N) is 1. The molecular weight excluding hydrogens is 302 g/mol. The Morgan fingerprint density at radius 2 is 2.04 bits per heavy atom. The normalized spacial score (nSPS) is 18.2. The Hall–Kier alpha value is -2.09. The number of β-lactam (4-membered cyclic amide) rings is 1. The molecule has 1 aliphatic heterocycles. The molecule has 1 saturated heterocycles. The number of carbonyl (C=O) groups excluding carboxylic acids is 1. The molecule has 24 heavy (non-hydrogen) atoms. The van der Waals surface area contributed by atoms with Crippen molar-refractivity contribution in [2.24, 2.45) is 0 Å². The van der Waals surface area contributed by atoms with Crippen LogP contribution in [-0.2, 0) is 11.2 Å². The minimum Gasteiger partial charge on any atom is -0.396 e. The highest BCUT2D eigenvalue weighted by Crippen LogP contribution is 2.20. The van der Waals surface area contributed by atoms with Crippen molar-refractivity contribution in [2.75, 3.05) is 13.2 Å². The maximum absolute atomic E-state index is 11.7. The predicted molar refractivity (Wildman–Crippen MR) is 94.1 cm³/mol. The Morgan fingerprint density at radius 1 is 1.25 bits per heavy atom. The molecule has 0 aromatic heterocycles. The van der Waals surface area contributed by atoms with Gasteiger partial charge in [-0.1, -0.05) is 48.4 Å². The Morgan fingerprint density at radius 3 is 2.75 bits per heavy atom. The lowest BCUT2D eigenvalue weighted by Crippen LogP contribution is -2.51. The van der Waals surface area contributed by atoms with Crippen molar-refractivity contribution in [1.29, 1.82) is 0 Å². The summed E-state index contributed by atoms with van der Waals surface area (Å²) in [5.41, 5.74) is 1.09. The van der Waals surface area contributed by atoms with Crippen LogP contribution in [0.3, 0.4) is 0 Å². The molecule has 2 atom stereocenters. The lowest BCUT2D eigenvalue weighted by molar-refractivity contribution is -0.142. The first-order valence-electron chi connectivity index (χ1n) is 8.47. The van der Waals surface area contributed by atoms with Crippen molar-refractivity contribution in [3.63, 3.8) is 0 Å². The van der Waals surface area contributed by atoms with Crippen molar-refractivity contribution in [3.8, 4) is 11.8 Å². The number of hydrogen-bond acceptors (Lipinski definition) is 3. The first-order chi connectivity index (χ1) is 11.7. The summed E-state index contributed by atoms with van der Waals surface area (Å²) < 4.78 is 0. The van der Waals surface area contributed by atoms with E-state index in [1.165, 1.54) is 0 Å². The van der Waals surface area contributed by atoms with Crippen LogP contribution in [0.15, 0.2) is 42.5 Å². The summed E-state index contributed by atoms with van der Waals surface area (Å²) in [6.45, 7) is 0.631. The van der Waals surface area contributed by atoms with Crippen LogP contribution < -0.4 is 0 Å². The van der Waals surface area contributed by atoms with Crippen molar-refractivity contribution in [2.45, 2.75) is 44.2 Å². The molecule has 0 spiro atoms. The second-order valence-corrected chi connectivity index (χ2v) is 5.97. The average Bonchev–Trinajstić information content (AvgIpc) is 2.58. The lowest BCUT2D eigenvalue weighted by Gasteiger charge is -2.37. The lowest BCUT2D eigenvalue weighted by atomic mass is 10.00. The number of unbranched alkanes of at least 4 members (excludes halogenated alkanes) is 2. The third-order valence-corrected chi connectivity index (χ3v) is 4.03. The van der Waals surface area contributed by atoms with Gasteiger partial charge in [-0.15, -0.1) is 5.92 Å². The van der Waals surface area contributed by atoms with Gasteiger partial charge in [0.2, 0.25) is 5.91 Å². The molecule has 0 aliphatic carbocycles. The van der Waals surface area contributed by atoms with Crippen molar-refractivity contribution < 1.29 is 15.0 Å². The second-order valence-electron chi connectivity index (χ2n) is 5.97. The summed E-state index contributed by atoms with van der Waals surface area (Å²) >= 11 is 0. The molecule has 1 amide bonds. The van der Waals surface area contributed by atoms with Crippen molar-refractivity contribution in [3.05, 3.63) is 48.0 Å². The first-order valence-corrected chi connectivity index (χ1v) is 8.47. The molecule has 1 aromatic carbocycles. The zero-order valence-electron chi connectivity index (χ0n) is 13.9. The molecule has 2 N–H and O–H groups in total. The largest absolute Gasteiger partial charge is 0.396 e. The molecule has 1 heterocycles. The minimum absolute atomic E-state index is 0.0367. The number of benzene rings is 1. The minimum atomic E-state index is -0.547. The van der Waals surface area contributed by atoms with Crippen LogP contribution in [0.1, 0.15) is 31.2 Å². The standard InChI is InChI=1S/C20H25NO3/c22-14-8-3-1-2-7-13-21-18(16-20(21)24)11-12-19(23)15-17-9-5-4-6-10-17/h4-6,9-12,18-19,22-23H,1,3,8,13-16H2/t18-,19?/m0/s1. The summed E-state index contributed by atoms with van der Waals surface area (Å²) in [6.07, 6.45) is 6.58. The van der Waals surface area contributed by atoms with Gasteiger partial charge in [0, 0.05) is 19.4 Å². The van der Waals surface area contributed by atoms with E-state index < -0.39 is 6.10 Å². The number of aliphatic hydroxyl groups is 2. The molecule has 0 bridgehead atoms. The monoisotopic (exact) mass is 327 g/mol. The van der Waals surface area contributed by atoms with Gasteiger partial charge in [-0.25, -0.2) is 0 Å². The molecule has 4 heteroatoms. The highest BCUT2D eigenvalue weighted by Gasteiger charge is 2.33. The van der Waals surface area contributed by atoms with E-state index >= 15 is 0 Å². The van der Waals surface area contributed by atoms with Gasteiger partial charge in [0.25, 0.3) is 0 Å². The zero-order chi connectivity index (χ0) is 17.2. The Labute approximate surface area is 143 Å². The van der Waals surface area contributed by atoms with Crippen LogP contribution in [0.25, 0.3) is 0 Å². The fourth-order valence-electron chi connectivity index (χ4n) is 2.59. The van der Waals surface area contributed by atoms with Crippen LogP contribution in [0.2, 0.25) is 0 Å². The van der Waals surface area contributed by atoms with Gasteiger partial charge >= 0.3 is 0 Å². The van der Waals surface area contributed by atoms with E-state index in [1.54, 1.807) is 11.0 Å². The van der Waals surface area contributed by atoms with E-state index in [0.717, 1.165) is 24.8 Å². The molecule has 2 rings (SSSR count). The van der Waals surface area contributed by atoms with E-state index in [0.29, 0.717) is 19.4 Å². The third-order valence-electron chi connectivity index (χ3n) is 4.03. The third kappa shape index (κ3) is 5.84. The first kappa shape index (κ1) is 18.3. The maximum Gasteiger partial charge on any atom is 0.226 e. The molecule has 1 unspecified atom stereocenters. The molecule has 0 saturated carbocycles. The highest BCUT2D eigenvalue weighted by atomic mass is 16.3. The number of carbonyl (C=O) groups is 1. The van der Waals surface area contributed by atoms with E-state index in [9.17, 15) is 9.90 Å². The number of hydrogen-bond donors (Lipinski definition) is 2. The van der Waals surface area contributed by atoms with Crippen molar-refractivity contribution in [1.82, 2.24) is 4.90 Å². The van der Waals surface area contributed by atoms with Gasteiger partial charge in [0.15, 0.2) is 0 Å². The smallest absolute Gasteiger partial charge is 0.226 e. The Balaban J connectivity index is 1.75. The highest BCUT2D eigenvalue weighted by molar-refractivity contribution is 5.84. The summed E-state index contributed by atoms with van der Waals surface area (Å²) in [7, 11) is 0. The average molecular weight is 327 g/mol. The van der Waals surface area contributed by atoms with E-state index in [2.05, 4.69) is 11.8 Å². The van der Waals surface area contributed by atoms with Crippen LogP contribution in [0.5, 0.6) is 0 Å². The quantitative estimate of drug-likeness (QED) is 0.332. The van der Waals surface area contributed by atoms with Gasteiger partial charge in [0.05, 0.1) is 25.1 Å². The summed E-state index contributed by atoms with van der Waals surface area (Å²) in [4.78, 5) is 13.4. The molecule has 1 aromatic rings. The van der Waals surface area contributed by atoms with Crippen LogP contribution >= 0.6 is 0 Å². The van der Waals surface area contributed by atoms with Gasteiger partial charge in [-0.05, 0) is 18.4 Å². The molecule has 128 valence electrons. The predicted octanol–water partition coefficient (Wildman–Crippen LogP) is 1.91. The SMILES string of the molecule is O=C1C[C@H](C=CC(O)Cc2ccccc2)N1CC#CCCCCO. The van der Waals surface area contributed by atoms with E-state index in [1.807, 2.05) is 36.4 Å². The summed E-state index contributed by atoms with van der Waals surface area (Å²) in [5.74, 6) is 6.14. The summed E-state index contributed by atoms with van der Waals surface area (Å²) in [6, 6.07) is 9.88. The molecular formula is C20H25NO3. The van der Waals surface area contributed by atoms with Gasteiger partial charge in [-0.2, -0.15) is 0 Å². The van der Waals surface area contributed by atoms with Crippen LogP contribution in [0.4, 0.5) is 0 Å².